The van der Waals surface area contributed by atoms with Gasteiger partial charge in [-0.3, -0.25) is 0 Å². The first-order valence-corrected chi connectivity index (χ1v) is 14.1. The lowest BCUT2D eigenvalue weighted by Crippen LogP contribution is -2.10. The molecule has 198 valence electrons. The lowest BCUT2D eigenvalue weighted by atomic mass is 10.0. The Morgan fingerprint density at radius 2 is 1.07 bits per heavy atom. The standard InChI is InChI=1S/C39H26N2O/c1-3-9-27(10-4-1)29-17-20-33(21-18-29)41(36-23-24-40-39-38(36)35-13-7-8-14-37(35)42-39)34-22-19-31-25-30(15-16-32(31)26-34)28-11-5-2-6-12-28/h1-26H. The van der Waals surface area contributed by atoms with Crippen LogP contribution in [0.2, 0.25) is 0 Å². The third-order valence-electron chi connectivity index (χ3n) is 7.92. The Hall–Kier alpha value is -5.67. The number of rotatable bonds is 5. The zero-order valence-electron chi connectivity index (χ0n) is 22.8. The van der Waals surface area contributed by atoms with E-state index in [9.17, 15) is 0 Å². The van der Waals surface area contributed by atoms with E-state index in [1.165, 1.54) is 33.0 Å². The molecule has 0 aliphatic heterocycles. The smallest absolute Gasteiger partial charge is 0.229 e. The average Bonchev–Trinajstić information content (AvgIpc) is 3.45. The second-order valence-corrected chi connectivity index (χ2v) is 10.5. The van der Waals surface area contributed by atoms with E-state index in [-0.39, 0.29) is 0 Å². The van der Waals surface area contributed by atoms with Gasteiger partial charge < -0.3 is 9.32 Å². The van der Waals surface area contributed by atoms with Gasteiger partial charge in [-0.05, 0) is 75.5 Å². The van der Waals surface area contributed by atoms with Crippen molar-refractivity contribution in [2.75, 3.05) is 4.90 Å². The van der Waals surface area contributed by atoms with Crippen LogP contribution < -0.4 is 4.90 Å². The minimum atomic E-state index is 0.632. The number of pyridine rings is 1. The number of fused-ring (bicyclic) bond motifs is 4. The number of benzene rings is 6. The Labute approximate surface area is 243 Å². The number of nitrogens with zero attached hydrogens (tertiary/aromatic N) is 2. The van der Waals surface area contributed by atoms with Gasteiger partial charge in [0.05, 0.1) is 11.1 Å². The molecule has 6 aromatic carbocycles. The van der Waals surface area contributed by atoms with Crippen LogP contribution in [0.15, 0.2) is 162 Å². The van der Waals surface area contributed by atoms with Crippen LogP contribution in [0.25, 0.3) is 55.1 Å². The first-order chi connectivity index (χ1) is 20.8. The van der Waals surface area contributed by atoms with Crippen molar-refractivity contribution in [2.45, 2.75) is 0 Å². The molecule has 3 nitrogen and oxygen atoms in total. The molecule has 0 atom stereocenters. The Kier molecular flexibility index (Phi) is 5.79. The van der Waals surface area contributed by atoms with Gasteiger partial charge in [-0.25, -0.2) is 4.98 Å². The second-order valence-electron chi connectivity index (χ2n) is 10.5. The number of anilines is 3. The van der Waals surface area contributed by atoms with Crippen LogP contribution in [0.3, 0.4) is 0 Å². The van der Waals surface area contributed by atoms with Crippen LogP contribution in [0.1, 0.15) is 0 Å². The summed E-state index contributed by atoms with van der Waals surface area (Å²) in [6.07, 6.45) is 1.83. The van der Waals surface area contributed by atoms with Crippen LogP contribution in [0.4, 0.5) is 17.1 Å². The number of para-hydroxylation sites is 1. The molecule has 2 heterocycles. The van der Waals surface area contributed by atoms with Gasteiger partial charge in [0.1, 0.15) is 5.58 Å². The largest absolute Gasteiger partial charge is 0.438 e. The Morgan fingerprint density at radius 3 is 1.86 bits per heavy atom. The normalized spacial score (nSPS) is 11.3. The quantitative estimate of drug-likeness (QED) is 0.218. The van der Waals surface area contributed by atoms with E-state index in [1.807, 2.05) is 30.5 Å². The van der Waals surface area contributed by atoms with Gasteiger partial charge in [0.2, 0.25) is 5.71 Å². The summed E-state index contributed by atoms with van der Waals surface area (Å²) in [5.41, 5.74) is 9.43. The van der Waals surface area contributed by atoms with Gasteiger partial charge in [-0.1, -0.05) is 109 Å². The molecule has 0 saturated heterocycles. The van der Waals surface area contributed by atoms with E-state index in [2.05, 4.69) is 137 Å². The second kappa shape index (κ2) is 10.1. The van der Waals surface area contributed by atoms with Gasteiger partial charge in [-0.15, -0.1) is 0 Å². The predicted molar refractivity (Wildman–Crippen MR) is 175 cm³/mol. The number of aromatic nitrogens is 1. The molecule has 0 saturated carbocycles. The highest BCUT2D eigenvalue weighted by Crippen LogP contribution is 2.43. The van der Waals surface area contributed by atoms with Gasteiger partial charge >= 0.3 is 0 Å². The number of hydrogen-bond donors (Lipinski definition) is 0. The molecular formula is C39H26N2O. The van der Waals surface area contributed by atoms with E-state index < -0.39 is 0 Å². The molecule has 0 N–H and O–H groups in total. The first-order valence-electron chi connectivity index (χ1n) is 14.1. The summed E-state index contributed by atoms with van der Waals surface area (Å²) in [7, 11) is 0. The molecule has 0 aliphatic carbocycles. The molecule has 0 amide bonds. The molecule has 8 aromatic rings. The average molecular weight is 539 g/mol. The monoisotopic (exact) mass is 538 g/mol. The Balaban J connectivity index is 1.31. The van der Waals surface area contributed by atoms with Crippen molar-refractivity contribution in [1.82, 2.24) is 4.98 Å². The van der Waals surface area contributed by atoms with Crippen molar-refractivity contribution in [3.8, 4) is 22.3 Å². The number of hydrogen-bond acceptors (Lipinski definition) is 3. The number of furan rings is 1. The highest BCUT2D eigenvalue weighted by atomic mass is 16.3. The van der Waals surface area contributed by atoms with Crippen molar-refractivity contribution in [3.63, 3.8) is 0 Å². The fraction of sp³-hybridized carbons (Fsp3) is 0. The third-order valence-corrected chi connectivity index (χ3v) is 7.92. The predicted octanol–water partition coefficient (Wildman–Crippen LogP) is 10.9. The minimum absolute atomic E-state index is 0.632. The van der Waals surface area contributed by atoms with Gasteiger partial charge in [0.25, 0.3) is 0 Å². The summed E-state index contributed by atoms with van der Waals surface area (Å²) in [5.74, 6) is 0. The van der Waals surface area contributed by atoms with Crippen LogP contribution in [0.5, 0.6) is 0 Å². The molecule has 3 heteroatoms. The summed E-state index contributed by atoms with van der Waals surface area (Å²) < 4.78 is 6.18. The molecule has 0 aliphatic rings. The summed E-state index contributed by atoms with van der Waals surface area (Å²) in [6.45, 7) is 0. The van der Waals surface area contributed by atoms with Gasteiger partial charge in [-0.2, -0.15) is 0 Å². The van der Waals surface area contributed by atoms with E-state index in [0.29, 0.717) is 5.71 Å². The van der Waals surface area contributed by atoms with E-state index in [1.54, 1.807) is 0 Å². The Bertz CT molecular complexity index is 2180. The molecular weight excluding hydrogens is 512 g/mol. The molecule has 0 unspecified atom stereocenters. The molecule has 42 heavy (non-hydrogen) atoms. The molecule has 0 fully saturated rings. The fourth-order valence-electron chi connectivity index (χ4n) is 5.86. The molecule has 0 bridgehead atoms. The third kappa shape index (κ3) is 4.20. The summed E-state index contributed by atoms with van der Waals surface area (Å²) in [4.78, 5) is 6.91. The lowest BCUT2D eigenvalue weighted by molar-refractivity contribution is 0.654. The van der Waals surface area contributed by atoms with Crippen LogP contribution >= 0.6 is 0 Å². The maximum atomic E-state index is 6.18. The summed E-state index contributed by atoms with van der Waals surface area (Å²) in [5, 5.41) is 4.43. The molecule has 0 spiro atoms. The summed E-state index contributed by atoms with van der Waals surface area (Å²) >= 11 is 0. The van der Waals surface area contributed by atoms with Crippen molar-refractivity contribution < 1.29 is 4.42 Å². The summed E-state index contributed by atoms with van der Waals surface area (Å²) in [6, 6.07) is 53.4. The van der Waals surface area contributed by atoms with Crippen LogP contribution in [-0.4, -0.2) is 4.98 Å². The molecule has 0 radical (unpaired) electrons. The van der Waals surface area contributed by atoms with E-state index in [0.717, 1.165) is 33.4 Å². The van der Waals surface area contributed by atoms with E-state index >= 15 is 0 Å². The van der Waals surface area contributed by atoms with Crippen molar-refractivity contribution in [3.05, 3.63) is 158 Å². The van der Waals surface area contributed by atoms with Crippen molar-refractivity contribution >= 4 is 49.9 Å². The zero-order valence-corrected chi connectivity index (χ0v) is 22.8. The highest BCUT2D eigenvalue weighted by molar-refractivity contribution is 6.12. The molecule has 8 rings (SSSR count). The SMILES string of the molecule is c1ccc(-c2ccc(N(c3ccc4cc(-c5ccccc5)ccc4c3)c3ccnc4oc5ccccc5c34)cc2)cc1. The fourth-order valence-corrected chi connectivity index (χ4v) is 5.86. The Morgan fingerprint density at radius 1 is 0.476 bits per heavy atom. The molecule has 2 aromatic heterocycles. The van der Waals surface area contributed by atoms with Crippen molar-refractivity contribution in [2.24, 2.45) is 0 Å². The minimum Gasteiger partial charge on any atom is -0.438 e. The van der Waals surface area contributed by atoms with Crippen LogP contribution in [-0.2, 0) is 0 Å². The van der Waals surface area contributed by atoms with Gasteiger partial charge in [0.15, 0.2) is 0 Å². The van der Waals surface area contributed by atoms with Crippen molar-refractivity contribution in [1.29, 1.82) is 0 Å². The van der Waals surface area contributed by atoms with Gasteiger partial charge in [0, 0.05) is 23.0 Å². The maximum Gasteiger partial charge on any atom is 0.229 e. The highest BCUT2D eigenvalue weighted by Gasteiger charge is 2.20. The van der Waals surface area contributed by atoms with E-state index in [4.69, 9.17) is 4.42 Å². The van der Waals surface area contributed by atoms with Crippen LogP contribution in [0, 0.1) is 0 Å². The topological polar surface area (TPSA) is 29.3 Å². The zero-order chi connectivity index (χ0) is 27.9. The lowest BCUT2D eigenvalue weighted by Gasteiger charge is -2.26. The maximum absolute atomic E-state index is 6.18. The first kappa shape index (κ1) is 24.2.